The first kappa shape index (κ1) is 13.8. The van der Waals surface area contributed by atoms with Crippen LogP contribution in [0.2, 0.25) is 0 Å². The number of hydrogen-bond acceptors (Lipinski definition) is 4. The molecule has 0 saturated carbocycles. The predicted molar refractivity (Wildman–Crippen MR) is 69.3 cm³/mol. The molecule has 2 atom stereocenters. The second-order valence-electron chi connectivity index (χ2n) is 4.19. The molecule has 0 amide bonds. The fourth-order valence-electron chi connectivity index (χ4n) is 1.84. The fraction of sp³-hybridized carbons (Fsp3) is 0.538. The summed E-state index contributed by atoms with van der Waals surface area (Å²) in [6.07, 6.45) is 0.899. The molecule has 17 heavy (non-hydrogen) atoms. The number of ether oxygens (including phenoxy) is 2. The summed E-state index contributed by atoms with van der Waals surface area (Å²) < 4.78 is 10.5. The molecule has 4 N–H and O–H groups in total. The van der Waals surface area contributed by atoms with Gasteiger partial charge in [-0.05, 0) is 24.9 Å². The third-order valence-corrected chi connectivity index (χ3v) is 3.03. The minimum atomic E-state index is -0.0700. The maximum atomic E-state index is 6.22. The highest BCUT2D eigenvalue weighted by Gasteiger charge is 2.18. The molecule has 0 saturated heterocycles. The number of benzene rings is 1. The van der Waals surface area contributed by atoms with Crippen molar-refractivity contribution >= 4 is 0 Å². The van der Waals surface area contributed by atoms with Crippen molar-refractivity contribution in [2.24, 2.45) is 17.4 Å². The molecule has 0 fully saturated rings. The summed E-state index contributed by atoms with van der Waals surface area (Å²) in [7, 11) is 3.27. The van der Waals surface area contributed by atoms with Gasteiger partial charge >= 0.3 is 0 Å². The zero-order chi connectivity index (χ0) is 12.8. The van der Waals surface area contributed by atoms with E-state index in [1.807, 2.05) is 18.2 Å². The lowest BCUT2D eigenvalue weighted by atomic mass is 9.92. The normalized spacial score (nSPS) is 14.2. The molecule has 1 aromatic carbocycles. The SMILES string of the molecule is COc1ccc(C(N)C(C)CCN)c(OC)c1. The third kappa shape index (κ3) is 3.35. The maximum absolute atomic E-state index is 6.22. The van der Waals surface area contributed by atoms with Gasteiger partial charge in [0.1, 0.15) is 11.5 Å². The standard InChI is InChI=1S/C13H22N2O2/c1-9(6-7-14)13(15)11-5-4-10(16-2)8-12(11)17-3/h4-5,8-9,13H,6-7,14-15H2,1-3H3. The first-order valence-electron chi connectivity index (χ1n) is 5.81. The predicted octanol–water partition coefficient (Wildman–Crippen LogP) is 1.69. The van der Waals surface area contributed by atoms with Crippen LogP contribution >= 0.6 is 0 Å². The lowest BCUT2D eigenvalue weighted by Gasteiger charge is -2.22. The molecule has 0 heterocycles. The van der Waals surface area contributed by atoms with Gasteiger partial charge in [-0.1, -0.05) is 13.0 Å². The van der Waals surface area contributed by atoms with Gasteiger partial charge in [-0.15, -0.1) is 0 Å². The van der Waals surface area contributed by atoms with Crippen LogP contribution in [0, 0.1) is 5.92 Å². The molecule has 96 valence electrons. The first-order chi connectivity index (χ1) is 8.13. The van der Waals surface area contributed by atoms with Gasteiger partial charge in [0, 0.05) is 17.7 Å². The summed E-state index contributed by atoms with van der Waals surface area (Å²) in [5.41, 5.74) is 12.8. The Labute approximate surface area is 103 Å². The summed E-state index contributed by atoms with van der Waals surface area (Å²) in [5.74, 6) is 1.85. The van der Waals surface area contributed by atoms with E-state index in [1.165, 1.54) is 0 Å². The van der Waals surface area contributed by atoms with Crippen LogP contribution in [0.3, 0.4) is 0 Å². The molecule has 0 aliphatic carbocycles. The molecule has 0 aromatic heterocycles. The molecule has 0 spiro atoms. The Bertz CT molecular complexity index is 355. The Morgan fingerprint density at radius 2 is 1.94 bits per heavy atom. The molecular formula is C13H22N2O2. The van der Waals surface area contributed by atoms with Crippen LogP contribution in [0.1, 0.15) is 24.9 Å². The summed E-state index contributed by atoms with van der Waals surface area (Å²) in [5, 5.41) is 0. The van der Waals surface area contributed by atoms with Crippen LogP contribution in [-0.2, 0) is 0 Å². The van der Waals surface area contributed by atoms with E-state index in [4.69, 9.17) is 20.9 Å². The molecule has 0 aliphatic rings. The van der Waals surface area contributed by atoms with Crippen molar-refractivity contribution in [3.05, 3.63) is 23.8 Å². The molecule has 2 unspecified atom stereocenters. The lowest BCUT2D eigenvalue weighted by Crippen LogP contribution is -2.22. The van der Waals surface area contributed by atoms with E-state index in [1.54, 1.807) is 14.2 Å². The average Bonchev–Trinajstić information content (AvgIpc) is 2.37. The smallest absolute Gasteiger partial charge is 0.127 e. The maximum Gasteiger partial charge on any atom is 0.127 e. The van der Waals surface area contributed by atoms with E-state index in [0.717, 1.165) is 23.5 Å². The van der Waals surface area contributed by atoms with Gasteiger partial charge in [0.15, 0.2) is 0 Å². The van der Waals surface area contributed by atoms with E-state index >= 15 is 0 Å². The highest BCUT2D eigenvalue weighted by atomic mass is 16.5. The van der Waals surface area contributed by atoms with Crippen LogP contribution in [0.15, 0.2) is 18.2 Å². The highest BCUT2D eigenvalue weighted by Crippen LogP contribution is 2.32. The van der Waals surface area contributed by atoms with Crippen molar-refractivity contribution in [2.75, 3.05) is 20.8 Å². The molecule has 0 bridgehead atoms. The minimum Gasteiger partial charge on any atom is -0.497 e. The van der Waals surface area contributed by atoms with Crippen LogP contribution < -0.4 is 20.9 Å². The van der Waals surface area contributed by atoms with Gasteiger partial charge < -0.3 is 20.9 Å². The summed E-state index contributed by atoms with van der Waals surface area (Å²) in [4.78, 5) is 0. The van der Waals surface area contributed by atoms with Crippen LogP contribution in [0.4, 0.5) is 0 Å². The van der Waals surface area contributed by atoms with Gasteiger partial charge in [0.2, 0.25) is 0 Å². The van der Waals surface area contributed by atoms with Crippen LogP contribution in [0.25, 0.3) is 0 Å². The largest absolute Gasteiger partial charge is 0.497 e. The van der Waals surface area contributed by atoms with Crippen molar-refractivity contribution < 1.29 is 9.47 Å². The number of methoxy groups -OCH3 is 2. The zero-order valence-electron chi connectivity index (χ0n) is 10.8. The number of rotatable bonds is 6. The van der Waals surface area contributed by atoms with Crippen LogP contribution in [-0.4, -0.2) is 20.8 Å². The van der Waals surface area contributed by atoms with Crippen molar-refractivity contribution in [3.8, 4) is 11.5 Å². The molecule has 4 heteroatoms. The van der Waals surface area contributed by atoms with E-state index in [9.17, 15) is 0 Å². The van der Waals surface area contributed by atoms with E-state index in [0.29, 0.717) is 12.5 Å². The van der Waals surface area contributed by atoms with Gasteiger partial charge in [-0.2, -0.15) is 0 Å². The highest BCUT2D eigenvalue weighted by molar-refractivity contribution is 5.42. The molecule has 4 nitrogen and oxygen atoms in total. The molecule has 1 rings (SSSR count). The Hall–Kier alpha value is -1.26. The zero-order valence-corrected chi connectivity index (χ0v) is 10.8. The van der Waals surface area contributed by atoms with Gasteiger partial charge in [0.05, 0.1) is 14.2 Å². The second kappa shape index (κ2) is 6.47. The van der Waals surface area contributed by atoms with Crippen molar-refractivity contribution in [2.45, 2.75) is 19.4 Å². The Morgan fingerprint density at radius 3 is 2.47 bits per heavy atom. The van der Waals surface area contributed by atoms with E-state index < -0.39 is 0 Å². The first-order valence-corrected chi connectivity index (χ1v) is 5.81. The van der Waals surface area contributed by atoms with Gasteiger partial charge in [-0.25, -0.2) is 0 Å². The minimum absolute atomic E-state index is 0.0700. The Balaban J connectivity index is 2.96. The Kier molecular flexibility index (Phi) is 5.25. The fourth-order valence-corrected chi connectivity index (χ4v) is 1.84. The number of nitrogens with two attached hydrogens (primary N) is 2. The van der Waals surface area contributed by atoms with Crippen molar-refractivity contribution in [1.82, 2.24) is 0 Å². The summed E-state index contributed by atoms with van der Waals surface area (Å²) in [6.45, 7) is 2.74. The summed E-state index contributed by atoms with van der Waals surface area (Å²) >= 11 is 0. The molecule has 0 aliphatic heterocycles. The number of hydrogen-bond donors (Lipinski definition) is 2. The lowest BCUT2D eigenvalue weighted by molar-refractivity contribution is 0.375. The van der Waals surface area contributed by atoms with Crippen molar-refractivity contribution in [3.63, 3.8) is 0 Å². The second-order valence-corrected chi connectivity index (χ2v) is 4.19. The molecular weight excluding hydrogens is 216 g/mol. The summed E-state index contributed by atoms with van der Waals surface area (Å²) in [6, 6.07) is 5.63. The average molecular weight is 238 g/mol. The van der Waals surface area contributed by atoms with Crippen LogP contribution in [0.5, 0.6) is 11.5 Å². The van der Waals surface area contributed by atoms with E-state index in [2.05, 4.69) is 6.92 Å². The van der Waals surface area contributed by atoms with Gasteiger partial charge in [0.25, 0.3) is 0 Å². The Morgan fingerprint density at radius 1 is 1.24 bits per heavy atom. The van der Waals surface area contributed by atoms with E-state index in [-0.39, 0.29) is 6.04 Å². The molecule has 1 aromatic rings. The topological polar surface area (TPSA) is 70.5 Å². The quantitative estimate of drug-likeness (QED) is 0.791. The molecule has 0 radical (unpaired) electrons. The third-order valence-electron chi connectivity index (χ3n) is 3.03. The monoisotopic (exact) mass is 238 g/mol. The van der Waals surface area contributed by atoms with Gasteiger partial charge in [-0.3, -0.25) is 0 Å². The van der Waals surface area contributed by atoms with Crippen molar-refractivity contribution in [1.29, 1.82) is 0 Å².